The van der Waals surface area contributed by atoms with Gasteiger partial charge >= 0.3 is 0 Å². The van der Waals surface area contributed by atoms with E-state index in [-0.39, 0.29) is 42.5 Å². The van der Waals surface area contributed by atoms with Crippen molar-refractivity contribution in [3.05, 3.63) is 53.1 Å². The molecule has 1 N–H and O–H groups in total. The van der Waals surface area contributed by atoms with Crippen LogP contribution in [0.5, 0.6) is 5.75 Å². The van der Waals surface area contributed by atoms with Gasteiger partial charge in [-0.15, -0.1) is 0 Å². The smallest absolute Gasteiger partial charge is 0.258 e. The van der Waals surface area contributed by atoms with E-state index < -0.39 is 22.2 Å². The molecule has 0 spiro atoms. The lowest BCUT2D eigenvalue weighted by Gasteiger charge is -2.35. The Bertz CT molecular complexity index is 1260. The quantitative estimate of drug-likeness (QED) is 0.493. The minimum atomic E-state index is -3.79. The fourth-order valence-electron chi connectivity index (χ4n) is 4.79. The number of hydrogen-bond donors (Lipinski definition) is 1. The molecular weight excluding hydrogens is 566 g/mol. The average Bonchev–Trinajstić information content (AvgIpc) is 2.93. The molecule has 4 atom stereocenters. The van der Waals surface area contributed by atoms with E-state index >= 15 is 0 Å². The summed E-state index contributed by atoms with van der Waals surface area (Å²) >= 11 is 5.96. The molecule has 9 nitrogen and oxygen atoms in total. The van der Waals surface area contributed by atoms with Gasteiger partial charge in [-0.2, -0.15) is 4.31 Å². The second kappa shape index (κ2) is 14.7. The molecule has 3 rings (SSSR count). The normalized spacial score (nSPS) is 22.0. The van der Waals surface area contributed by atoms with Crippen LogP contribution in [0.15, 0.2) is 47.4 Å². The van der Waals surface area contributed by atoms with Crippen LogP contribution in [0, 0.1) is 5.92 Å². The molecule has 0 bridgehead atoms. The van der Waals surface area contributed by atoms with Crippen LogP contribution in [-0.2, 0) is 14.8 Å². The van der Waals surface area contributed by atoms with Gasteiger partial charge in [-0.1, -0.05) is 18.5 Å². The summed E-state index contributed by atoms with van der Waals surface area (Å²) in [5, 5.41) is 10.6. The lowest BCUT2D eigenvalue weighted by Crippen LogP contribution is -2.48. The molecule has 0 aromatic heterocycles. The maximum Gasteiger partial charge on any atom is 0.258 e. The summed E-state index contributed by atoms with van der Waals surface area (Å²) in [7, 11) is 1.55. The number of benzene rings is 2. The molecule has 0 radical (unpaired) electrons. The fraction of sp³-hybridized carbons (Fsp3) is 0.567. The van der Waals surface area contributed by atoms with E-state index in [1.54, 1.807) is 24.0 Å². The number of anilines is 1. The van der Waals surface area contributed by atoms with Crippen LogP contribution in [0.1, 0.15) is 50.4 Å². The highest BCUT2D eigenvalue weighted by molar-refractivity contribution is 7.89. The Morgan fingerprint density at radius 1 is 1.10 bits per heavy atom. The predicted octanol–water partition coefficient (Wildman–Crippen LogP) is 4.52. The van der Waals surface area contributed by atoms with Crippen molar-refractivity contribution in [3.63, 3.8) is 0 Å². The summed E-state index contributed by atoms with van der Waals surface area (Å²) in [6, 6.07) is 11.2. The zero-order valence-corrected chi connectivity index (χ0v) is 26.5. The van der Waals surface area contributed by atoms with Crippen LogP contribution in [0.2, 0.25) is 5.02 Å². The lowest BCUT2D eigenvalue weighted by atomic mass is 10.0. The van der Waals surface area contributed by atoms with E-state index in [1.165, 1.54) is 23.5 Å². The first-order chi connectivity index (χ1) is 19.3. The number of carbonyl (C=O) groups is 1. The van der Waals surface area contributed by atoms with Crippen molar-refractivity contribution in [2.45, 2.75) is 63.2 Å². The Morgan fingerprint density at radius 2 is 1.78 bits per heavy atom. The molecular formula is C30H44ClN3O6S. The van der Waals surface area contributed by atoms with Crippen molar-refractivity contribution in [1.29, 1.82) is 0 Å². The maximum absolute atomic E-state index is 14.1. The fourth-order valence-corrected chi connectivity index (χ4v) is 6.10. The molecule has 0 fully saturated rings. The van der Waals surface area contributed by atoms with E-state index in [1.807, 2.05) is 51.0 Å². The molecule has 0 unspecified atom stereocenters. The number of halogens is 1. The van der Waals surface area contributed by atoms with E-state index in [9.17, 15) is 18.3 Å². The minimum absolute atomic E-state index is 0.0997. The lowest BCUT2D eigenvalue weighted by molar-refractivity contribution is -0.00833. The molecule has 1 heterocycles. The molecule has 0 saturated carbocycles. The number of fused-ring (bicyclic) bond motifs is 1. The van der Waals surface area contributed by atoms with E-state index in [4.69, 9.17) is 21.1 Å². The molecule has 2 aromatic rings. The molecule has 1 aliphatic rings. The number of hydrogen-bond acceptors (Lipinski definition) is 7. The Labute approximate surface area is 250 Å². The first kappa shape index (κ1) is 33.1. The standard InChI is InChI=1S/C30H44ClN3O6S/c1-21-18-34(22(2)20-35)30(36)27-17-25(32(4)5)12-15-28(27)40-23(3)9-7-8-16-39-29(21)19-33(6)41(37,38)26-13-10-24(31)11-14-26/h10-15,17,21-23,29,35H,7-9,16,18-20H2,1-6H3/t21-,22-,23-,29+/m1/s1. The number of carbonyl (C=O) groups excluding carboxylic acids is 1. The van der Waals surface area contributed by atoms with Gasteiger partial charge in [-0.3, -0.25) is 4.79 Å². The van der Waals surface area contributed by atoms with E-state index in [0.717, 1.165) is 24.9 Å². The van der Waals surface area contributed by atoms with Crippen molar-refractivity contribution >= 4 is 33.2 Å². The Kier molecular flexibility index (Phi) is 11.9. The Balaban J connectivity index is 1.96. The van der Waals surface area contributed by atoms with Gasteiger partial charge in [0, 0.05) is 57.5 Å². The number of sulfonamides is 1. The highest BCUT2D eigenvalue weighted by Gasteiger charge is 2.32. The molecule has 228 valence electrons. The van der Waals surface area contributed by atoms with Gasteiger partial charge in [0.15, 0.2) is 0 Å². The first-order valence-electron chi connectivity index (χ1n) is 14.1. The molecule has 0 aliphatic carbocycles. The van der Waals surface area contributed by atoms with Gasteiger partial charge in [0.05, 0.1) is 35.3 Å². The van der Waals surface area contributed by atoms with Crippen molar-refractivity contribution in [1.82, 2.24) is 9.21 Å². The Morgan fingerprint density at radius 3 is 2.41 bits per heavy atom. The van der Waals surface area contributed by atoms with Crippen LogP contribution in [0.25, 0.3) is 0 Å². The number of rotatable bonds is 7. The van der Waals surface area contributed by atoms with E-state index in [0.29, 0.717) is 22.9 Å². The van der Waals surface area contributed by atoms with Gasteiger partial charge in [0.1, 0.15) is 5.75 Å². The van der Waals surface area contributed by atoms with Crippen LogP contribution in [0.3, 0.4) is 0 Å². The SMILES string of the molecule is C[C@@H]1CCCCO[C@@H](CN(C)S(=O)(=O)c2ccc(Cl)cc2)[C@H](C)CN([C@H](C)CO)C(=O)c2cc(N(C)C)ccc2O1. The van der Waals surface area contributed by atoms with Crippen LogP contribution in [0.4, 0.5) is 5.69 Å². The summed E-state index contributed by atoms with van der Waals surface area (Å²) in [5.41, 5.74) is 1.28. The van der Waals surface area contributed by atoms with Crippen molar-refractivity contribution in [2.24, 2.45) is 5.92 Å². The number of aliphatic hydroxyl groups is 1. The predicted molar refractivity (Wildman–Crippen MR) is 162 cm³/mol. The van der Waals surface area contributed by atoms with Gasteiger partial charge < -0.3 is 24.4 Å². The number of ether oxygens (including phenoxy) is 2. The third-order valence-corrected chi connectivity index (χ3v) is 9.60. The average molecular weight is 610 g/mol. The number of likely N-dealkylation sites (N-methyl/N-ethyl adjacent to an activating group) is 1. The third-order valence-electron chi connectivity index (χ3n) is 7.51. The highest BCUT2D eigenvalue weighted by Crippen LogP contribution is 2.29. The zero-order chi connectivity index (χ0) is 30.3. The molecule has 41 heavy (non-hydrogen) atoms. The second-order valence-corrected chi connectivity index (χ2v) is 13.6. The van der Waals surface area contributed by atoms with Gasteiger partial charge in [0.2, 0.25) is 10.0 Å². The molecule has 2 aromatic carbocycles. The van der Waals surface area contributed by atoms with E-state index in [2.05, 4.69) is 0 Å². The third kappa shape index (κ3) is 8.58. The molecule has 1 amide bonds. The summed E-state index contributed by atoms with van der Waals surface area (Å²) in [5.74, 6) is -0.00382. The van der Waals surface area contributed by atoms with Crippen molar-refractivity contribution in [2.75, 3.05) is 52.3 Å². The van der Waals surface area contributed by atoms with Crippen molar-refractivity contribution in [3.8, 4) is 5.75 Å². The summed E-state index contributed by atoms with van der Waals surface area (Å²) in [4.78, 5) is 17.8. The van der Waals surface area contributed by atoms with Gasteiger partial charge in [-0.05, 0) is 75.6 Å². The molecule has 0 saturated heterocycles. The zero-order valence-electron chi connectivity index (χ0n) is 24.9. The second-order valence-electron chi connectivity index (χ2n) is 11.1. The maximum atomic E-state index is 14.1. The summed E-state index contributed by atoms with van der Waals surface area (Å²) in [6.45, 7) is 6.29. The van der Waals surface area contributed by atoms with Gasteiger partial charge in [-0.25, -0.2) is 8.42 Å². The number of amides is 1. The number of nitrogens with zero attached hydrogens (tertiary/aromatic N) is 3. The largest absolute Gasteiger partial charge is 0.490 e. The summed E-state index contributed by atoms with van der Waals surface area (Å²) < 4.78 is 40.5. The molecule has 11 heteroatoms. The van der Waals surface area contributed by atoms with Crippen molar-refractivity contribution < 1.29 is 27.8 Å². The monoisotopic (exact) mass is 609 g/mol. The summed E-state index contributed by atoms with van der Waals surface area (Å²) in [6.07, 6.45) is 1.80. The van der Waals surface area contributed by atoms with Crippen LogP contribution < -0.4 is 9.64 Å². The van der Waals surface area contributed by atoms with Gasteiger partial charge in [0.25, 0.3) is 5.91 Å². The van der Waals surface area contributed by atoms with Crippen LogP contribution >= 0.6 is 11.6 Å². The highest BCUT2D eigenvalue weighted by atomic mass is 35.5. The minimum Gasteiger partial charge on any atom is -0.490 e. The topological polar surface area (TPSA) is 99.6 Å². The first-order valence-corrected chi connectivity index (χ1v) is 15.9. The molecule has 1 aliphatic heterocycles. The Hall–Kier alpha value is -2.37. The van der Waals surface area contributed by atoms with Crippen LogP contribution in [-0.4, -0.2) is 94.3 Å². The number of aliphatic hydroxyl groups excluding tert-OH is 1.